The van der Waals surface area contributed by atoms with Crippen LogP contribution in [-0.2, 0) is 0 Å². The Bertz CT molecular complexity index is 449. The highest BCUT2D eigenvalue weighted by Gasteiger charge is 2.11. The quantitative estimate of drug-likeness (QED) is 0.856. The first-order chi connectivity index (χ1) is 7.68. The Morgan fingerprint density at radius 3 is 2.62 bits per heavy atom. The fourth-order valence-electron chi connectivity index (χ4n) is 1.63. The molecule has 1 heterocycles. The molecular weight excluding hydrogens is 200 g/mol. The van der Waals surface area contributed by atoms with Gasteiger partial charge in [0.25, 0.3) is 0 Å². The van der Waals surface area contributed by atoms with Gasteiger partial charge < -0.3 is 15.1 Å². The number of hydrogen-bond acceptors (Lipinski definition) is 3. The van der Waals surface area contributed by atoms with Gasteiger partial charge in [-0.1, -0.05) is 12.1 Å². The van der Waals surface area contributed by atoms with E-state index in [0.29, 0.717) is 0 Å². The van der Waals surface area contributed by atoms with Gasteiger partial charge in [0.05, 0.1) is 12.3 Å². The van der Waals surface area contributed by atoms with Gasteiger partial charge in [-0.05, 0) is 29.8 Å². The summed E-state index contributed by atoms with van der Waals surface area (Å²) in [5, 5.41) is 0. The van der Waals surface area contributed by atoms with Crippen LogP contribution in [0.2, 0.25) is 0 Å². The van der Waals surface area contributed by atoms with Crippen LogP contribution in [0.4, 0.5) is 5.69 Å². The normalized spacial score (nSPS) is 12.4. The molecule has 3 nitrogen and oxygen atoms in total. The van der Waals surface area contributed by atoms with Crippen LogP contribution in [0.1, 0.15) is 17.4 Å². The van der Waals surface area contributed by atoms with Crippen molar-refractivity contribution in [3.05, 3.63) is 54.0 Å². The minimum absolute atomic E-state index is 0.199. The average molecular weight is 216 g/mol. The number of nitrogens with two attached hydrogens (primary N) is 1. The molecule has 0 radical (unpaired) electrons. The van der Waals surface area contributed by atoms with Crippen LogP contribution in [0.5, 0.6) is 0 Å². The zero-order valence-electron chi connectivity index (χ0n) is 9.55. The minimum Gasteiger partial charge on any atom is -0.467 e. The predicted octanol–water partition coefficient (Wildman–Crippen LogP) is 2.39. The van der Waals surface area contributed by atoms with Crippen LogP contribution in [0.25, 0.3) is 0 Å². The number of benzene rings is 1. The smallest absolute Gasteiger partial charge is 0.124 e. The molecule has 0 aliphatic carbocycles. The first kappa shape index (κ1) is 10.8. The van der Waals surface area contributed by atoms with Crippen molar-refractivity contribution in [2.24, 2.45) is 5.73 Å². The fourth-order valence-corrected chi connectivity index (χ4v) is 1.63. The molecule has 1 aromatic carbocycles. The molecule has 16 heavy (non-hydrogen) atoms. The summed E-state index contributed by atoms with van der Waals surface area (Å²) in [5.41, 5.74) is 8.31. The first-order valence-electron chi connectivity index (χ1n) is 5.25. The Hall–Kier alpha value is -1.74. The lowest BCUT2D eigenvalue weighted by Gasteiger charge is -2.15. The SMILES string of the molecule is CN(C)c1cccc(C(N)c2ccco2)c1. The molecule has 0 bridgehead atoms. The zero-order valence-corrected chi connectivity index (χ0v) is 9.55. The van der Waals surface area contributed by atoms with Gasteiger partial charge in [-0.25, -0.2) is 0 Å². The van der Waals surface area contributed by atoms with Gasteiger partial charge in [-0.2, -0.15) is 0 Å². The van der Waals surface area contributed by atoms with Crippen molar-refractivity contribution in [2.75, 3.05) is 19.0 Å². The van der Waals surface area contributed by atoms with E-state index in [4.69, 9.17) is 10.2 Å². The Morgan fingerprint density at radius 2 is 2.00 bits per heavy atom. The highest BCUT2D eigenvalue weighted by Crippen LogP contribution is 2.23. The standard InChI is InChI=1S/C13H16N2O/c1-15(2)11-6-3-5-10(9-11)13(14)12-7-4-8-16-12/h3-9,13H,14H2,1-2H3. The molecule has 0 aliphatic rings. The van der Waals surface area contributed by atoms with Crippen LogP contribution in [0, 0.1) is 0 Å². The summed E-state index contributed by atoms with van der Waals surface area (Å²) < 4.78 is 5.31. The van der Waals surface area contributed by atoms with Gasteiger partial charge >= 0.3 is 0 Å². The van der Waals surface area contributed by atoms with E-state index >= 15 is 0 Å². The Kier molecular flexibility index (Phi) is 2.97. The summed E-state index contributed by atoms with van der Waals surface area (Å²) >= 11 is 0. The van der Waals surface area contributed by atoms with Crippen molar-refractivity contribution in [3.8, 4) is 0 Å². The molecule has 2 rings (SSSR count). The van der Waals surface area contributed by atoms with E-state index in [9.17, 15) is 0 Å². The average Bonchev–Trinajstić information content (AvgIpc) is 2.81. The number of rotatable bonds is 3. The van der Waals surface area contributed by atoms with E-state index in [2.05, 4.69) is 17.0 Å². The lowest BCUT2D eigenvalue weighted by molar-refractivity contribution is 0.490. The van der Waals surface area contributed by atoms with Crippen molar-refractivity contribution >= 4 is 5.69 Å². The van der Waals surface area contributed by atoms with Gasteiger partial charge in [0.2, 0.25) is 0 Å². The number of nitrogens with zero attached hydrogens (tertiary/aromatic N) is 1. The monoisotopic (exact) mass is 216 g/mol. The molecule has 2 N–H and O–H groups in total. The van der Waals surface area contributed by atoms with E-state index in [1.807, 2.05) is 38.4 Å². The van der Waals surface area contributed by atoms with Gasteiger partial charge in [0, 0.05) is 19.8 Å². The van der Waals surface area contributed by atoms with Crippen molar-refractivity contribution in [3.63, 3.8) is 0 Å². The molecule has 1 unspecified atom stereocenters. The minimum atomic E-state index is -0.199. The molecule has 0 saturated carbocycles. The fraction of sp³-hybridized carbons (Fsp3) is 0.231. The molecule has 84 valence electrons. The highest BCUT2D eigenvalue weighted by molar-refractivity contribution is 5.48. The molecule has 0 aliphatic heterocycles. The molecule has 1 atom stereocenters. The Labute approximate surface area is 95.5 Å². The molecule has 0 amide bonds. The lowest BCUT2D eigenvalue weighted by atomic mass is 10.0. The topological polar surface area (TPSA) is 42.4 Å². The van der Waals surface area contributed by atoms with E-state index in [1.165, 1.54) is 0 Å². The maximum atomic E-state index is 6.12. The third-order valence-corrected chi connectivity index (χ3v) is 2.60. The third-order valence-electron chi connectivity index (χ3n) is 2.60. The summed E-state index contributed by atoms with van der Waals surface area (Å²) in [6.45, 7) is 0. The Balaban J connectivity index is 2.30. The maximum Gasteiger partial charge on any atom is 0.124 e. The third kappa shape index (κ3) is 2.09. The second kappa shape index (κ2) is 4.41. The summed E-state index contributed by atoms with van der Waals surface area (Å²) in [7, 11) is 4.02. The first-order valence-corrected chi connectivity index (χ1v) is 5.25. The van der Waals surface area contributed by atoms with Gasteiger partial charge in [0.1, 0.15) is 5.76 Å². The lowest BCUT2D eigenvalue weighted by Crippen LogP contribution is -2.13. The van der Waals surface area contributed by atoms with E-state index in [0.717, 1.165) is 17.0 Å². The van der Waals surface area contributed by atoms with Crippen LogP contribution in [0.3, 0.4) is 0 Å². The van der Waals surface area contributed by atoms with E-state index in [1.54, 1.807) is 6.26 Å². The summed E-state index contributed by atoms with van der Waals surface area (Å²) in [6, 6.07) is 11.7. The van der Waals surface area contributed by atoms with Crippen molar-refractivity contribution in [1.29, 1.82) is 0 Å². The van der Waals surface area contributed by atoms with Crippen molar-refractivity contribution < 1.29 is 4.42 Å². The molecule has 2 aromatic rings. The van der Waals surface area contributed by atoms with Gasteiger partial charge in [-0.3, -0.25) is 0 Å². The van der Waals surface area contributed by atoms with Gasteiger partial charge in [0.15, 0.2) is 0 Å². The molecular formula is C13H16N2O. The highest BCUT2D eigenvalue weighted by atomic mass is 16.3. The van der Waals surface area contributed by atoms with E-state index in [-0.39, 0.29) is 6.04 Å². The second-order valence-corrected chi connectivity index (χ2v) is 3.98. The molecule has 3 heteroatoms. The summed E-state index contributed by atoms with van der Waals surface area (Å²) in [6.07, 6.45) is 1.64. The van der Waals surface area contributed by atoms with Gasteiger partial charge in [-0.15, -0.1) is 0 Å². The zero-order chi connectivity index (χ0) is 11.5. The number of furan rings is 1. The van der Waals surface area contributed by atoms with Crippen molar-refractivity contribution in [2.45, 2.75) is 6.04 Å². The van der Waals surface area contributed by atoms with Crippen molar-refractivity contribution in [1.82, 2.24) is 0 Å². The van der Waals surface area contributed by atoms with Crippen LogP contribution in [0.15, 0.2) is 47.1 Å². The Morgan fingerprint density at radius 1 is 1.19 bits per heavy atom. The maximum absolute atomic E-state index is 6.12. The van der Waals surface area contributed by atoms with E-state index < -0.39 is 0 Å². The largest absolute Gasteiger partial charge is 0.467 e. The summed E-state index contributed by atoms with van der Waals surface area (Å²) in [5.74, 6) is 0.788. The molecule has 0 fully saturated rings. The molecule has 0 saturated heterocycles. The predicted molar refractivity (Wildman–Crippen MR) is 65.5 cm³/mol. The van der Waals surface area contributed by atoms with Crippen LogP contribution >= 0.6 is 0 Å². The summed E-state index contributed by atoms with van der Waals surface area (Å²) in [4.78, 5) is 2.05. The molecule has 1 aromatic heterocycles. The second-order valence-electron chi connectivity index (χ2n) is 3.98. The van der Waals surface area contributed by atoms with Crippen LogP contribution < -0.4 is 10.6 Å². The molecule has 0 spiro atoms. The number of anilines is 1. The number of hydrogen-bond donors (Lipinski definition) is 1. The van der Waals surface area contributed by atoms with Crippen LogP contribution in [-0.4, -0.2) is 14.1 Å².